The summed E-state index contributed by atoms with van der Waals surface area (Å²) in [7, 11) is 1.35. The van der Waals surface area contributed by atoms with E-state index in [2.05, 4.69) is 20.0 Å². The third-order valence-electron chi connectivity index (χ3n) is 2.39. The molecule has 0 aliphatic heterocycles. The van der Waals surface area contributed by atoms with Gasteiger partial charge >= 0.3 is 5.97 Å². The minimum absolute atomic E-state index is 0.346. The molecule has 17 heavy (non-hydrogen) atoms. The van der Waals surface area contributed by atoms with Gasteiger partial charge in [-0.1, -0.05) is 18.2 Å². The van der Waals surface area contributed by atoms with E-state index in [0.29, 0.717) is 5.95 Å². The Bertz CT molecular complexity index is 542. The smallest absolute Gasteiger partial charge is 0.328 e. The van der Waals surface area contributed by atoms with E-state index < -0.39 is 6.04 Å². The Kier molecular flexibility index (Phi) is 3.18. The summed E-state index contributed by atoms with van der Waals surface area (Å²) in [6.07, 6.45) is 1.72. The van der Waals surface area contributed by atoms with Crippen molar-refractivity contribution in [1.82, 2.24) is 9.97 Å². The highest BCUT2D eigenvalue weighted by atomic mass is 16.5. The van der Waals surface area contributed by atoms with Gasteiger partial charge in [-0.05, 0) is 13.0 Å². The predicted octanol–water partition coefficient (Wildman–Crippen LogP) is 1.60. The zero-order chi connectivity index (χ0) is 12.3. The number of carbonyl (C=O) groups excluding carboxylic acids is 1. The second kappa shape index (κ2) is 4.78. The van der Waals surface area contributed by atoms with Crippen LogP contribution in [-0.4, -0.2) is 29.1 Å². The number of ether oxygens (including phenoxy) is 1. The van der Waals surface area contributed by atoms with E-state index in [1.807, 2.05) is 24.3 Å². The molecular formula is C12H13N3O2. The molecule has 0 saturated carbocycles. The number of benzene rings is 1. The Balaban J connectivity index is 2.22. The molecule has 1 aromatic carbocycles. The van der Waals surface area contributed by atoms with Gasteiger partial charge in [-0.3, -0.25) is 0 Å². The zero-order valence-electron chi connectivity index (χ0n) is 9.68. The van der Waals surface area contributed by atoms with Crippen LogP contribution < -0.4 is 5.32 Å². The van der Waals surface area contributed by atoms with Crippen molar-refractivity contribution in [1.29, 1.82) is 0 Å². The summed E-state index contributed by atoms with van der Waals surface area (Å²) in [6.45, 7) is 1.70. The van der Waals surface area contributed by atoms with Crippen molar-refractivity contribution in [3.8, 4) is 0 Å². The van der Waals surface area contributed by atoms with Gasteiger partial charge in [0.2, 0.25) is 5.95 Å². The standard InChI is InChI=1S/C12H13N3O2/c1-8(11(16)17-2)14-12-13-7-9-5-3-4-6-10(9)15-12/h3-8H,1-2H3,(H,13,14,15). The number of nitrogens with zero attached hydrogens (tertiary/aromatic N) is 2. The summed E-state index contributed by atoms with van der Waals surface area (Å²) < 4.78 is 4.61. The van der Waals surface area contributed by atoms with Crippen LogP contribution in [0.5, 0.6) is 0 Å². The number of hydrogen-bond donors (Lipinski definition) is 1. The molecule has 1 N–H and O–H groups in total. The van der Waals surface area contributed by atoms with Crippen molar-refractivity contribution in [2.75, 3.05) is 12.4 Å². The molecule has 2 aromatic rings. The summed E-state index contributed by atoms with van der Waals surface area (Å²) in [5, 5.41) is 3.85. The molecule has 1 aromatic heterocycles. The second-order valence-electron chi connectivity index (χ2n) is 3.64. The van der Waals surface area contributed by atoms with Gasteiger partial charge in [0, 0.05) is 11.6 Å². The van der Waals surface area contributed by atoms with Crippen molar-refractivity contribution in [2.24, 2.45) is 0 Å². The van der Waals surface area contributed by atoms with E-state index in [4.69, 9.17) is 0 Å². The van der Waals surface area contributed by atoms with E-state index in [1.165, 1.54) is 7.11 Å². The minimum atomic E-state index is -0.471. The van der Waals surface area contributed by atoms with Gasteiger partial charge in [0.15, 0.2) is 0 Å². The highest BCUT2D eigenvalue weighted by Crippen LogP contribution is 2.12. The van der Waals surface area contributed by atoms with Gasteiger partial charge in [0.1, 0.15) is 6.04 Å². The normalized spacial score (nSPS) is 12.1. The minimum Gasteiger partial charge on any atom is -0.467 e. The number of hydrogen-bond acceptors (Lipinski definition) is 5. The fourth-order valence-electron chi connectivity index (χ4n) is 1.47. The van der Waals surface area contributed by atoms with Crippen molar-refractivity contribution in [3.05, 3.63) is 30.5 Å². The topological polar surface area (TPSA) is 64.1 Å². The van der Waals surface area contributed by atoms with Crippen LogP contribution in [0.15, 0.2) is 30.5 Å². The molecule has 0 aliphatic rings. The molecule has 0 spiro atoms. The molecule has 88 valence electrons. The van der Waals surface area contributed by atoms with Crippen molar-refractivity contribution < 1.29 is 9.53 Å². The lowest BCUT2D eigenvalue weighted by Crippen LogP contribution is -2.28. The lowest BCUT2D eigenvalue weighted by molar-refractivity contribution is -0.141. The Hall–Kier alpha value is -2.17. The van der Waals surface area contributed by atoms with Crippen molar-refractivity contribution >= 4 is 22.8 Å². The number of nitrogens with one attached hydrogen (secondary N) is 1. The molecular weight excluding hydrogens is 218 g/mol. The molecule has 1 atom stereocenters. The summed E-state index contributed by atoms with van der Waals surface area (Å²) >= 11 is 0. The summed E-state index contributed by atoms with van der Waals surface area (Å²) in [5.41, 5.74) is 0.835. The molecule has 1 unspecified atom stereocenters. The number of rotatable bonds is 3. The van der Waals surface area contributed by atoms with Gasteiger partial charge < -0.3 is 10.1 Å². The van der Waals surface area contributed by atoms with Gasteiger partial charge in [0.25, 0.3) is 0 Å². The highest BCUT2D eigenvalue weighted by molar-refractivity contribution is 5.80. The molecule has 0 saturated heterocycles. The number of aromatic nitrogens is 2. The molecule has 0 fully saturated rings. The van der Waals surface area contributed by atoms with Gasteiger partial charge in [-0.2, -0.15) is 0 Å². The molecule has 2 rings (SSSR count). The summed E-state index contributed by atoms with van der Waals surface area (Å²) in [5.74, 6) is 0.0726. The first kappa shape index (κ1) is 11.3. The fraction of sp³-hybridized carbons (Fsp3) is 0.250. The average Bonchev–Trinajstić information content (AvgIpc) is 2.37. The van der Waals surface area contributed by atoms with E-state index in [9.17, 15) is 4.79 Å². The molecule has 5 nitrogen and oxygen atoms in total. The number of fused-ring (bicyclic) bond motifs is 1. The molecule has 1 heterocycles. The van der Waals surface area contributed by atoms with Gasteiger partial charge in [-0.25, -0.2) is 14.8 Å². The third-order valence-corrected chi connectivity index (χ3v) is 2.39. The number of esters is 1. The molecule has 0 aliphatic carbocycles. The van der Waals surface area contributed by atoms with E-state index in [1.54, 1.807) is 13.1 Å². The maximum atomic E-state index is 11.2. The van der Waals surface area contributed by atoms with E-state index in [0.717, 1.165) is 10.9 Å². The molecule has 0 bridgehead atoms. The van der Waals surface area contributed by atoms with Crippen molar-refractivity contribution in [3.63, 3.8) is 0 Å². The van der Waals surface area contributed by atoms with E-state index in [-0.39, 0.29) is 5.97 Å². The number of carbonyl (C=O) groups is 1. The Labute approximate surface area is 98.8 Å². The largest absolute Gasteiger partial charge is 0.467 e. The monoisotopic (exact) mass is 231 g/mol. The number of anilines is 1. The van der Waals surface area contributed by atoms with Crippen LogP contribution in [0, 0.1) is 0 Å². The highest BCUT2D eigenvalue weighted by Gasteiger charge is 2.13. The quantitative estimate of drug-likeness (QED) is 0.813. The first-order chi connectivity index (χ1) is 8.20. The molecule has 0 radical (unpaired) electrons. The van der Waals surface area contributed by atoms with Crippen molar-refractivity contribution in [2.45, 2.75) is 13.0 Å². The van der Waals surface area contributed by atoms with Crippen LogP contribution in [-0.2, 0) is 9.53 Å². The zero-order valence-corrected chi connectivity index (χ0v) is 9.68. The van der Waals surface area contributed by atoms with Gasteiger partial charge in [-0.15, -0.1) is 0 Å². The molecule has 5 heteroatoms. The SMILES string of the molecule is COC(=O)C(C)Nc1ncc2ccccc2n1. The maximum absolute atomic E-state index is 11.2. The van der Waals surface area contributed by atoms with Gasteiger partial charge in [0.05, 0.1) is 12.6 Å². The summed E-state index contributed by atoms with van der Waals surface area (Å²) in [4.78, 5) is 19.7. The van der Waals surface area contributed by atoms with Crippen LogP contribution in [0.4, 0.5) is 5.95 Å². The lowest BCUT2D eigenvalue weighted by atomic mass is 10.2. The third kappa shape index (κ3) is 2.50. The average molecular weight is 231 g/mol. The Morgan fingerprint density at radius 1 is 1.41 bits per heavy atom. The van der Waals surface area contributed by atoms with Crippen LogP contribution in [0.2, 0.25) is 0 Å². The first-order valence-electron chi connectivity index (χ1n) is 5.27. The Morgan fingerprint density at radius 2 is 2.18 bits per heavy atom. The number of para-hydroxylation sites is 1. The maximum Gasteiger partial charge on any atom is 0.328 e. The van der Waals surface area contributed by atoms with Crippen LogP contribution >= 0.6 is 0 Å². The summed E-state index contributed by atoms with van der Waals surface area (Å²) in [6, 6.07) is 7.19. The predicted molar refractivity (Wildman–Crippen MR) is 64.6 cm³/mol. The van der Waals surface area contributed by atoms with Crippen LogP contribution in [0.3, 0.4) is 0 Å². The first-order valence-corrected chi connectivity index (χ1v) is 5.27. The van der Waals surface area contributed by atoms with Crippen LogP contribution in [0.1, 0.15) is 6.92 Å². The second-order valence-corrected chi connectivity index (χ2v) is 3.64. The fourth-order valence-corrected chi connectivity index (χ4v) is 1.47. The number of methoxy groups -OCH3 is 1. The molecule has 0 amide bonds. The lowest BCUT2D eigenvalue weighted by Gasteiger charge is -2.11. The van der Waals surface area contributed by atoms with Crippen LogP contribution in [0.25, 0.3) is 10.9 Å². The Morgan fingerprint density at radius 3 is 2.94 bits per heavy atom. The van der Waals surface area contributed by atoms with E-state index >= 15 is 0 Å².